The molecule has 1 heterocycles. The summed E-state index contributed by atoms with van der Waals surface area (Å²) in [6, 6.07) is 11.5. The van der Waals surface area contributed by atoms with Crippen LogP contribution in [0.1, 0.15) is 11.1 Å². The van der Waals surface area contributed by atoms with Crippen molar-refractivity contribution < 1.29 is 5.11 Å². The topological polar surface area (TPSA) is 44.3 Å². The van der Waals surface area contributed by atoms with Crippen molar-refractivity contribution in [2.45, 2.75) is 13.0 Å². The average molecular weight is 275 g/mol. The Labute approximate surface area is 117 Å². The summed E-state index contributed by atoms with van der Waals surface area (Å²) >= 11 is 5.89. The van der Waals surface area contributed by atoms with Crippen LogP contribution < -0.4 is 10.6 Å². The van der Waals surface area contributed by atoms with Gasteiger partial charge in [0.1, 0.15) is 5.75 Å². The van der Waals surface area contributed by atoms with E-state index in [2.05, 4.69) is 28.8 Å². The van der Waals surface area contributed by atoms with Crippen LogP contribution in [-0.2, 0) is 13.0 Å². The van der Waals surface area contributed by atoms with E-state index in [9.17, 15) is 5.11 Å². The second-order valence-corrected chi connectivity index (χ2v) is 5.05. The molecule has 98 valence electrons. The zero-order chi connectivity index (χ0) is 13.2. The lowest BCUT2D eigenvalue weighted by atomic mass is 10.1. The molecule has 0 amide bonds. The lowest BCUT2D eigenvalue weighted by Gasteiger charge is -2.11. The third-order valence-corrected chi connectivity index (χ3v) is 3.67. The first-order chi connectivity index (χ1) is 9.24. The molecule has 0 bridgehead atoms. The summed E-state index contributed by atoms with van der Waals surface area (Å²) in [4.78, 5) is 0. The van der Waals surface area contributed by atoms with Crippen molar-refractivity contribution in [1.29, 1.82) is 0 Å². The molecular formula is C15H15ClN2O. The fourth-order valence-corrected chi connectivity index (χ4v) is 2.55. The molecule has 0 aromatic heterocycles. The highest BCUT2D eigenvalue weighted by atomic mass is 35.5. The lowest BCUT2D eigenvalue weighted by Crippen LogP contribution is -2.03. The molecule has 3 nitrogen and oxygen atoms in total. The second kappa shape index (κ2) is 5.02. The van der Waals surface area contributed by atoms with Gasteiger partial charge in [-0.25, -0.2) is 0 Å². The molecule has 0 saturated heterocycles. The normalized spacial score (nSPS) is 12.9. The van der Waals surface area contributed by atoms with Gasteiger partial charge in [-0.1, -0.05) is 29.8 Å². The highest BCUT2D eigenvalue weighted by molar-refractivity contribution is 6.32. The van der Waals surface area contributed by atoms with E-state index in [1.165, 1.54) is 16.8 Å². The van der Waals surface area contributed by atoms with Gasteiger partial charge in [0, 0.05) is 24.5 Å². The molecular weight excluding hydrogens is 260 g/mol. The number of rotatable bonds is 3. The molecule has 1 aliphatic heterocycles. The van der Waals surface area contributed by atoms with Crippen LogP contribution in [0.2, 0.25) is 5.02 Å². The molecule has 3 N–H and O–H groups in total. The molecule has 0 aliphatic carbocycles. The van der Waals surface area contributed by atoms with Crippen LogP contribution >= 0.6 is 11.6 Å². The standard InChI is InChI=1S/C15H15ClN2O/c16-13-8-12(4-5-14(13)19)18-9-11-3-1-2-10-6-7-17-15(10)11/h1-5,8,17-19H,6-7,9H2. The van der Waals surface area contributed by atoms with E-state index in [0.717, 1.165) is 25.2 Å². The van der Waals surface area contributed by atoms with Crippen LogP contribution in [0, 0.1) is 0 Å². The van der Waals surface area contributed by atoms with Crippen molar-refractivity contribution in [1.82, 2.24) is 0 Å². The van der Waals surface area contributed by atoms with Gasteiger partial charge in [-0.2, -0.15) is 0 Å². The SMILES string of the molecule is Oc1ccc(NCc2cccc3c2NCC3)cc1Cl. The lowest BCUT2D eigenvalue weighted by molar-refractivity contribution is 0.475. The summed E-state index contributed by atoms with van der Waals surface area (Å²) in [7, 11) is 0. The van der Waals surface area contributed by atoms with Gasteiger partial charge in [-0.3, -0.25) is 0 Å². The Morgan fingerprint density at radius 1 is 1.26 bits per heavy atom. The number of fused-ring (bicyclic) bond motifs is 1. The van der Waals surface area contributed by atoms with Gasteiger partial charge in [0.25, 0.3) is 0 Å². The minimum Gasteiger partial charge on any atom is -0.506 e. The zero-order valence-corrected chi connectivity index (χ0v) is 11.2. The van der Waals surface area contributed by atoms with E-state index >= 15 is 0 Å². The summed E-state index contributed by atoms with van der Waals surface area (Å²) in [6.07, 6.45) is 1.09. The molecule has 0 atom stereocenters. The molecule has 2 aromatic carbocycles. The predicted octanol–water partition coefficient (Wildman–Crippen LogP) is 3.63. The first-order valence-corrected chi connectivity index (χ1v) is 6.69. The van der Waals surface area contributed by atoms with Crippen LogP contribution in [-0.4, -0.2) is 11.7 Å². The number of anilines is 2. The Bertz CT molecular complexity index is 613. The van der Waals surface area contributed by atoms with E-state index in [4.69, 9.17) is 11.6 Å². The fourth-order valence-electron chi connectivity index (χ4n) is 2.37. The molecule has 19 heavy (non-hydrogen) atoms. The number of nitrogens with one attached hydrogen (secondary N) is 2. The number of halogens is 1. The minimum atomic E-state index is 0.106. The van der Waals surface area contributed by atoms with Gasteiger partial charge in [-0.15, -0.1) is 0 Å². The summed E-state index contributed by atoms with van der Waals surface area (Å²) in [5, 5.41) is 16.5. The van der Waals surface area contributed by atoms with Crippen molar-refractivity contribution in [3.63, 3.8) is 0 Å². The molecule has 0 unspecified atom stereocenters. The van der Waals surface area contributed by atoms with Gasteiger partial charge in [0.2, 0.25) is 0 Å². The largest absolute Gasteiger partial charge is 0.506 e. The first kappa shape index (κ1) is 12.2. The third kappa shape index (κ3) is 2.47. The van der Waals surface area contributed by atoms with E-state index in [1.54, 1.807) is 12.1 Å². The van der Waals surface area contributed by atoms with Gasteiger partial charge >= 0.3 is 0 Å². The molecule has 0 saturated carbocycles. The maximum Gasteiger partial charge on any atom is 0.134 e. The number of para-hydroxylation sites is 1. The average Bonchev–Trinajstić information content (AvgIpc) is 2.89. The Morgan fingerprint density at radius 3 is 3.00 bits per heavy atom. The van der Waals surface area contributed by atoms with E-state index in [0.29, 0.717) is 5.02 Å². The van der Waals surface area contributed by atoms with Crippen molar-refractivity contribution in [3.8, 4) is 5.75 Å². The van der Waals surface area contributed by atoms with Crippen LogP contribution in [0.3, 0.4) is 0 Å². The number of hydrogen-bond donors (Lipinski definition) is 3. The Hall–Kier alpha value is -1.87. The number of phenolic OH excluding ortho intramolecular Hbond substituents is 1. The zero-order valence-electron chi connectivity index (χ0n) is 10.4. The van der Waals surface area contributed by atoms with Crippen molar-refractivity contribution in [2.75, 3.05) is 17.2 Å². The van der Waals surface area contributed by atoms with Crippen LogP contribution in [0.25, 0.3) is 0 Å². The van der Waals surface area contributed by atoms with Crippen molar-refractivity contribution in [2.24, 2.45) is 0 Å². The van der Waals surface area contributed by atoms with Crippen LogP contribution in [0.15, 0.2) is 36.4 Å². The molecule has 3 rings (SSSR count). The summed E-state index contributed by atoms with van der Waals surface area (Å²) in [5.74, 6) is 0.106. The molecule has 1 aliphatic rings. The predicted molar refractivity (Wildman–Crippen MR) is 79.1 cm³/mol. The van der Waals surface area contributed by atoms with E-state index < -0.39 is 0 Å². The monoisotopic (exact) mass is 274 g/mol. The molecule has 0 spiro atoms. The summed E-state index contributed by atoms with van der Waals surface area (Å²) in [5.41, 5.74) is 4.78. The van der Waals surface area contributed by atoms with Crippen molar-refractivity contribution >= 4 is 23.0 Å². The van der Waals surface area contributed by atoms with Crippen molar-refractivity contribution in [3.05, 3.63) is 52.5 Å². The van der Waals surface area contributed by atoms with Gasteiger partial charge in [0.15, 0.2) is 0 Å². The van der Waals surface area contributed by atoms with Crippen LogP contribution in [0.4, 0.5) is 11.4 Å². The fraction of sp³-hybridized carbons (Fsp3) is 0.200. The molecule has 0 fully saturated rings. The van der Waals surface area contributed by atoms with E-state index in [1.807, 2.05) is 6.07 Å². The smallest absolute Gasteiger partial charge is 0.134 e. The summed E-state index contributed by atoms with van der Waals surface area (Å²) < 4.78 is 0. The van der Waals surface area contributed by atoms with Gasteiger partial charge in [-0.05, 0) is 35.7 Å². The quantitative estimate of drug-likeness (QED) is 0.749. The highest BCUT2D eigenvalue weighted by Crippen LogP contribution is 2.29. The number of aromatic hydroxyl groups is 1. The number of benzene rings is 2. The Kier molecular flexibility index (Phi) is 3.22. The number of phenols is 1. The second-order valence-electron chi connectivity index (χ2n) is 4.65. The van der Waals surface area contributed by atoms with Crippen LogP contribution in [0.5, 0.6) is 5.75 Å². The Balaban J connectivity index is 1.76. The molecule has 2 aromatic rings. The first-order valence-electron chi connectivity index (χ1n) is 6.31. The van der Waals surface area contributed by atoms with Gasteiger partial charge in [0.05, 0.1) is 5.02 Å². The third-order valence-electron chi connectivity index (χ3n) is 3.36. The number of hydrogen-bond acceptors (Lipinski definition) is 3. The van der Waals surface area contributed by atoms with E-state index in [-0.39, 0.29) is 5.75 Å². The summed E-state index contributed by atoms with van der Waals surface area (Å²) in [6.45, 7) is 1.74. The Morgan fingerprint density at radius 2 is 2.16 bits per heavy atom. The molecule has 4 heteroatoms. The highest BCUT2D eigenvalue weighted by Gasteiger charge is 2.13. The van der Waals surface area contributed by atoms with Gasteiger partial charge < -0.3 is 15.7 Å². The minimum absolute atomic E-state index is 0.106. The maximum absolute atomic E-state index is 9.39. The molecule has 0 radical (unpaired) electrons. The maximum atomic E-state index is 9.39.